The highest BCUT2D eigenvalue weighted by molar-refractivity contribution is 5.87. The van der Waals surface area contributed by atoms with Gasteiger partial charge in [0.25, 0.3) is 5.89 Å². The minimum atomic E-state index is -1.28. The van der Waals surface area contributed by atoms with Crippen molar-refractivity contribution >= 4 is 11.9 Å². The third kappa shape index (κ3) is 3.80. The Bertz CT molecular complexity index is 689. The SMILES string of the molecule is CCCC(C)(NC(=O)Cc1nc(-c2ccco2)oc1C)C(=O)O. The van der Waals surface area contributed by atoms with Crippen LogP contribution in [0.3, 0.4) is 0 Å². The summed E-state index contributed by atoms with van der Waals surface area (Å²) in [5.41, 5.74) is -0.828. The van der Waals surface area contributed by atoms with Crippen LogP contribution < -0.4 is 5.32 Å². The van der Waals surface area contributed by atoms with Crippen molar-refractivity contribution in [1.82, 2.24) is 10.3 Å². The third-order valence-electron chi connectivity index (χ3n) is 3.59. The number of carbonyl (C=O) groups is 2. The van der Waals surface area contributed by atoms with E-state index in [9.17, 15) is 14.7 Å². The summed E-state index contributed by atoms with van der Waals surface area (Å²) in [6.07, 6.45) is 2.45. The van der Waals surface area contributed by atoms with Gasteiger partial charge in [0.1, 0.15) is 11.3 Å². The smallest absolute Gasteiger partial charge is 0.329 e. The Kier molecular flexibility index (Phi) is 4.88. The molecule has 1 amide bonds. The van der Waals surface area contributed by atoms with Gasteiger partial charge in [-0.25, -0.2) is 9.78 Å². The van der Waals surface area contributed by atoms with Crippen molar-refractivity contribution in [2.45, 2.75) is 45.6 Å². The van der Waals surface area contributed by atoms with E-state index in [0.29, 0.717) is 35.9 Å². The van der Waals surface area contributed by atoms with Crippen molar-refractivity contribution in [3.8, 4) is 11.7 Å². The normalized spacial score (nSPS) is 13.5. The maximum Gasteiger partial charge on any atom is 0.329 e. The number of aromatic nitrogens is 1. The average Bonchev–Trinajstić information content (AvgIpc) is 3.09. The molecule has 0 aliphatic carbocycles. The number of aliphatic carboxylic acids is 1. The molecule has 2 aromatic heterocycles. The van der Waals surface area contributed by atoms with E-state index in [-0.39, 0.29) is 6.42 Å². The van der Waals surface area contributed by atoms with Crippen LogP contribution >= 0.6 is 0 Å². The Labute approximate surface area is 133 Å². The lowest BCUT2D eigenvalue weighted by Gasteiger charge is -2.25. The van der Waals surface area contributed by atoms with Gasteiger partial charge in [-0.1, -0.05) is 13.3 Å². The molecule has 7 heteroatoms. The summed E-state index contributed by atoms with van der Waals surface area (Å²) in [7, 11) is 0. The number of oxazole rings is 1. The average molecular weight is 320 g/mol. The molecule has 2 heterocycles. The van der Waals surface area contributed by atoms with E-state index in [4.69, 9.17) is 8.83 Å². The van der Waals surface area contributed by atoms with Crippen LogP contribution in [0.15, 0.2) is 27.2 Å². The molecule has 0 radical (unpaired) electrons. The predicted octanol–water partition coefficient (Wildman–Crippen LogP) is 2.55. The molecular formula is C16H20N2O5. The maximum absolute atomic E-state index is 12.2. The second kappa shape index (κ2) is 6.68. The topological polar surface area (TPSA) is 106 Å². The summed E-state index contributed by atoms with van der Waals surface area (Å²) < 4.78 is 10.7. The summed E-state index contributed by atoms with van der Waals surface area (Å²) >= 11 is 0. The number of rotatable bonds is 7. The van der Waals surface area contributed by atoms with Gasteiger partial charge in [-0.05, 0) is 32.4 Å². The quantitative estimate of drug-likeness (QED) is 0.812. The molecule has 0 aliphatic heterocycles. The Hall–Kier alpha value is -2.57. The Morgan fingerprint density at radius 1 is 1.43 bits per heavy atom. The minimum absolute atomic E-state index is 0.0530. The van der Waals surface area contributed by atoms with E-state index >= 15 is 0 Å². The highest BCUT2D eigenvalue weighted by atomic mass is 16.4. The van der Waals surface area contributed by atoms with E-state index in [2.05, 4.69) is 10.3 Å². The van der Waals surface area contributed by atoms with Gasteiger partial charge in [0.05, 0.1) is 18.4 Å². The molecule has 2 rings (SSSR count). The van der Waals surface area contributed by atoms with Crippen LogP contribution in [-0.4, -0.2) is 27.5 Å². The number of carboxylic acids is 1. The number of carbonyl (C=O) groups excluding carboxylic acids is 1. The molecular weight excluding hydrogens is 300 g/mol. The fraction of sp³-hybridized carbons (Fsp3) is 0.438. The standard InChI is InChI=1S/C16H20N2O5/c1-4-7-16(3,15(20)21)18-13(19)9-11-10(2)23-14(17-11)12-6-5-8-22-12/h5-6,8H,4,7,9H2,1-3H3,(H,18,19)(H,20,21). The van der Waals surface area contributed by atoms with Gasteiger partial charge in [-0.3, -0.25) is 4.79 Å². The van der Waals surface area contributed by atoms with Gasteiger partial charge in [-0.2, -0.15) is 0 Å². The lowest BCUT2D eigenvalue weighted by molar-refractivity contribution is -0.147. The molecule has 23 heavy (non-hydrogen) atoms. The lowest BCUT2D eigenvalue weighted by Crippen LogP contribution is -2.52. The monoisotopic (exact) mass is 320 g/mol. The van der Waals surface area contributed by atoms with E-state index < -0.39 is 17.4 Å². The first-order valence-electron chi connectivity index (χ1n) is 7.40. The third-order valence-corrected chi connectivity index (χ3v) is 3.59. The van der Waals surface area contributed by atoms with Crippen molar-refractivity contribution in [2.75, 3.05) is 0 Å². The van der Waals surface area contributed by atoms with Gasteiger partial charge in [0, 0.05) is 0 Å². The zero-order valence-electron chi connectivity index (χ0n) is 13.4. The summed E-state index contributed by atoms with van der Waals surface area (Å²) in [5, 5.41) is 11.9. The first-order chi connectivity index (χ1) is 10.9. The molecule has 2 aromatic rings. The van der Waals surface area contributed by atoms with E-state index in [1.54, 1.807) is 19.1 Å². The van der Waals surface area contributed by atoms with Crippen LogP contribution in [-0.2, 0) is 16.0 Å². The minimum Gasteiger partial charge on any atom is -0.480 e. The first-order valence-corrected chi connectivity index (χ1v) is 7.40. The molecule has 124 valence electrons. The summed E-state index contributed by atoms with van der Waals surface area (Å²) in [5.74, 6) is -0.198. The fourth-order valence-electron chi connectivity index (χ4n) is 2.32. The van der Waals surface area contributed by atoms with Crippen LogP contribution in [0, 0.1) is 6.92 Å². The highest BCUT2D eigenvalue weighted by Gasteiger charge is 2.34. The van der Waals surface area contributed by atoms with Crippen LogP contribution in [0.4, 0.5) is 0 Å². The zero-order valence-corrected chi connectivity index (χ0v) is 13.4. The van der Waals surface area contributed by atoms with Gasteiger partial charge >= 0.3 is 5.97 Å². The molecule has 0 aromatic carbocycles. The molecule has 1 unspecified atom stereocenters. The van der Waals surface area contributed by atoms with Crippen molar-refractivity contribution in [3.05, 3.63) is 29.9 Å². The summed E-state index contributed by atoms with van der Waals surface area (Å²) in [6.45, 7) is 5.07. The molecule has 0 saturated carbocycles. The van der Waals surface area contributed by atoms with Gasteiger partial charge in [0.15, 0.2) is 5.76 Å². The number of nitrogens with one attached hydrogen (secondary N) is 1. The van der Waals surface area contributed by atoms with Crippen molar-refractivity contribution in [3.63, 3.8) is 0 Å². The summed E-state index contributed by atoms with van der Waals surface area (Å²) in [6, 6.07) is 3.42. The second-order valence-corrected chi connectivity index (χ2v) is 5.61. The Morgan fingerprint density at radius 3 is 2.74 bits per heavy atom. The van der Waals surface area contributed by atoms with Crippen molar-refractivity contribution in [1.29, 1.82) is 0 Å². The van der Waals surface area contributed by atoms with Gasteiger partial charge < -0.3 is 19.3 Å². The number of carboxylic acid groups (broad SMARTS) is 1. The van der Waals surface area contributed by atoms with E-state index in [0.717, 1.165) is 0 Å². The summed E-state index contributed by atoms with van der Waals surface area (Å²) in [4.78, 5) is 27.8. The van der Waals surface area contributed by atoms with Crippen molar-refractivity contribution < 1.29 is 23.5 Å². The number of hydrogen-bond donors (Lipinski definition) is 2. The first kappa shape index (κ1) is 16.8. The van der Waals surface area contributed by atoms with Crippen LogP contribution in [0.1, 0.15) is 38.1 Å². The van der Waals surface area contributed by atoms with Crippen LogP contribution in [0.25, 0.3) is 11.7 Å². The van der Waals surface area contributed by atoms with Crippen LogP contribution in [0.2, 0.25) is 0 Å². The Balaban J connectivity index is 2.10. The molecule has 0 fully saturated rings. The van der Waals surface area contributed by atoms with Crippen LogP contribution in [0.5, 0.6) is 0 Å². The van der Waals surface area contributed by atoms with Gasteiger partial charge in [0.2, 0.25) is 5.91 Å². The molecule has 0 spiro atoms. The fourth-order valence-corrected chi connectivity index (χ4v) is 2.32. The molecule has 0 bridgehead atoms. The number of furan rings is 1. The van der Waals surface area contributed by atoms with E-state index in [1.807, 2.05) is 6.92 Å². The maximum atomic E-state index is 12.2. The largest absolute Gasteiger partial charge is 0.480 e. The molecule has 2 N–H and O–H groups in total. The zero-order chi connectivity index (χ0) is 17.0. The molecule has 0 saturated heterocycles. The second-order valence-electron chi connectivity index (χ2n) is 5.61. The number of hydrogen-bond acceptors (Lipinski definition) is 5. The van der Waals surface area contributed by atoms with Crippen molar-refractivity contribution in [2.24, 2.45) is 0 Å². The number of aryl methyl sites for hydroxylation is 1. The number of amides is 1. The molecule has 1 atom stereocenters. The van der Waals surface area contributed by atoms with E-state index in [1.165, 1.54) is 13.2 Å². The molecule has 0 aliphatic rings. The number of nitrogens with zero attached hydrogens (tertiary/aromatic N) is 1. The lowest BCUT2D eigenvalue weighted by atomic mass is 9.96. The molecule has 7 nitrogen and oxygen atoms in total. The van der Waals surface area contributed by atoms with Gasteiger partial charge in [-0.15, -0.1) is 0 Å². The Morgan fingerprint density at radius 2 is 2.17 bits per heavy atom. The highest BCUT2D eigenvalue weighted by Crippen LogP contribution is 2.22. The predicted molar refractivity (Wildman–Crippen MR) is 81.7 cm³/mol.